The first-order chi connectivity index (χ1) is 11.6. The summed E-state index contributed by atoms with van der Waals surface area (Å²) in [5.41, 5.74) is 0.327. The maximum absolute atomic E-state index is 12.3. The molecule has 0 aromatic carbocycles. The van der Waals surface area contributed by atoms with Gasteiger partial charge in [0.05, 0.1) is 6.61 Å². The van der Waals surface area contributed by atoms with Crippen LogP contribution < -0.4 is 5.32 Å². The van der Waals surface area contributed by atoms with Crippen LogP contribution in [0.2, 0.25) is 0 Å². The number of rotatable bonds is 3. The number of carbonyl (C=O) groups is 1. The van der Waals surface area contributed by atoms with E-state index in [1.54, 1.807) is 0 Å². The van der Waals surface area contributed by atoms with Crippen molar-refractivity contribution in [1.29, 1.82) is 0 Å². The monoisotopic (exact) mass is 337 g/mol. The summed E-state index contributed by atoms with van der Waals surface area (Å²) < 4.78 is 5.59. The Kier molecular flexibility index (Phi) is 5.61. The molecule has 3 aliphatic heterocycles. The number of likely N-dealkylation sites (N-methyl/N-ethyl adjacent to an activating group) is 1. The summed E-state index contributed by atoms with van der Waals surface area (Å²) in [7, 11) is 3.92. The van der Waals surface area contributed by atoms with Crippen molar-refractivity contribution in [3.63, 3.8) is 0 Å². The van der Waals surface area contributed by atoms with Gasteiger partial charge in [0.25, 0.3) is 0 Å². The van der Waals surface area contributed by atoms with Gasteiger partial charge in [0.15, 0.2) is 5.96 Å². The van der Waals surface area contributed by atoms with E-state index < -0.39 is 0 Å². The second kappa shape index (κ2) is 7.70. The number of aliphatic imine (C=N–C) groups is 1. The molecule has 7 heteroatoms. The minimum Gasteiger partial charge on any atom is -0.381 e. The van der Waals surface area contributed by atoms with E-state index in [9.17, 15) is 4.79 Å². The van der Waals surface area contributed by atoms with E-state index in [1.807, 2.05) is 11.9 Å². The summed E-state index contributed by atoms with van der Waals surface area (Å²) in [4.78, 5) is 23.3. The van der Waals surface area contributed by atoms with Crippen molar-refractivity contribution < 1.29 is 9.53 Å². The minimum absolute atomic E-state index is 0.244. The Morgan fingerprint density at radius 3 is 2.62 bits per heavy atom. The molecule has 1 N–H and O–H groups in total. The van der Waals surface area contributed by atoms with Gasteiger partial charge in [-0.25, -0.2) is 0 Å². The van der Waals surface area contributed by atoms with Crippen LogP contribution in [0.5, 0.6) is 0 Å². The average molecular weight is 337 g/mol. The van der Waals surface area contributed by atoms with Gasteiger partial charge in [-0.15, -0.1) is 0 Å². The van der Waals surface area contributed by atoms with E-state index in [4.69, 9.17) is 4.74 Å². The highest BCUT2D eigenvalue weighted by molar-refractivity contribution is 5.81. The predicted octanol–water partition coefficient (Wildman–Crippen LogP) is -0.162. The number of hydrogen-bond donors (Lipinski definition) is 1. The predicted molar refractivity (Wildman–Crippen MR) is 94.1 cm³/mol. The van der Waals surface area contributed by atoms with Gasteiger partial charge in [-0.2, -0.15) is 0 Å². The molecule has 0 aromatic heterocycles. The SMILES string of the molecule is CN=C(NCCC(=O)N1CCN(C)CC1)N1CCC2(CCOC2)C1. The quantitative estimate of drug-likeness (QED) is 0.573. The first kappa shape index (κ1) is 17.5. The van der Waals surface area contributed by atoms with Crippen LogP contribution in [0.3, 0.4) is 0 Å². The zero-order chi connectivity index (χ0) is 17.0. The minimum atomic E-state index is 0.244. The van der Waals surface area contributed by atoms with Crippen LogP contribution in [0, 0.1) is 5.41 Å². The van der Waals surface area contributed by atoms with Gasteiger partial charge in [-0.3, -0.25) is 9.79 Å². The molecule has 1 unspecified atom stereocenters. The molecule has 0 aromatic rings. The maximum Gasteiger partial charge on any atom is 0.224 e. The topological polar surface area (TPSA) is 60.4 Å². The molecule has 0 radical (unpaired) electrons. The number of carbonyl (C=O) groups excluding carboxylic acids is 1. The van der Waals surface area contributed by atoms with Gasteiger partial charge < -0.3 is 24.8 Å². The Morgan fingerprint density at radius 1 is 1.17 bits per heavy atom. The summed E-state index contributed by atoms with van der Waals surface area (Å²) in [6.07, 6.45) is 2.86. The fraction of sp³-hybridized carbons (Fsp3) is 0.882. The molecule has 7 nitrogen and oxygen atoms in total. The van der Waals surface area contributed by atoms with E-state index in [0.29, 0.717) is 18.4 Å². The van der Waals surface area contributed by atoms with E-state index in [-0.39, 0.29) is 5.91 Å². The average Bonchev–Trinajstić information content (AvgIpc) is 3.22. The molecular formula is C17H31N5O2. The van der Waals surface area contributed by atoms with Crippen LogP contribution in [-0.4, -0.2) is 99.7 Å². The molecule has 136 valence electrons. The molecule has 3 heterocycles. The first-order valence-electron chi connectivity index (χ1n) is 9.12. The van der Waals surface area contributed by atoms with E-state index in [2.05, 4.69) is 27.2 Å². The molecule has 1 atom stereocenters. The smallest absolute Gasteiger partial charge is 0.224 e. The number of nitrogens with one attached hydrogen (secondary N) is 1. The Bertz CT molecular complexity index is 468. The zero-order valence-electron chi connectivity index (χ0n) is 15.1. The van der Waals surface area contributed by atoms with Crippen molar-refractivity contribution in [3.8, 4) is 0 Å². The van der Waals surface area contributed by atoms with Gasteiger partial charge in [0.1, 0.15) is 0 Å². The summed E-state index contributed by atoms with van der Waals surface area (Å²) >= 11 is 0. The largest absolute Gasteiger partial charge is 0.381 e. The van der Waals surface area contributed by atoms with Crippen molar-refractivity contribution >= 4 is 11.9 Å². The van der Waals surface area contributed by atoms with E-state index >= 15 is 0 Å². The molecule has 24 heavy (non-hydrogen) atoms. The van der Waals surface area contributed by atoms with Crippen molar-refractivity contribution in [2.24, 2.45) is 10.4 Å². The molecule has 1 spiro atoms. The number of ether oxygens (including phenoxy) is 1. The summed E-state index contributed by atoms with van der Waals surface area (Å²) in [6.45, 7) is 8.09. The molecule has 0 aliphatic carbocycles. The lowest BCUT2D eigenvalue weighted by atomic mass is 9.87. The lowest BCUT2D eigenvalue weighted by Gasteiger charge is -2.32. The molecule has 3 rings (SSSR count). The lowest BCUT2D eigenvalue weighted by molar-refractivity contribution is -0.132. The second-order valence-corrected chi connectivity index (χ2v) is 7.38. The zero-order valence-corrected chi connectivity index (χ0v) is 15.1. The molecule has 0 saturated carbocycles. The van der Waals surface area contributed by atoms with Crippen LogP contribution in [0.4, 0.5) is 0 Å². The van der Waals surface area contributed by atoms with Gasteiger partial charge >= 0.3 is 0 Å². The normalized spacial score (nSPS) is 28.8. The highest BCUT2D eigenvalue weighted by Gasteiger charge is 2.42. The molecule has 1 amide bonds. The van der Waals surface area contributed by atoms with Crippen LogP contribution in [0.1, 0.15) is 19.3 Å². The van der Waals surface area contributed by atoms with Crippen molar-refractivity contribution in [1.82, 2.24) is 20.0 Å². The summed E-state index contributed by atoms with van der Waals surface area (Å²) in [6, 6.07) is 0. The van der Waals surface area contributed by atoms with Gasteiger partial charge in [-0.05, 0) is 19.9 Å². The Hall–Kier alpha value is -1.34. The Balaban J connectivity index is 1.41. The van der Waals surface area contributed by atoms with E-state index in [1.165, 1.54) is 6.42 Å². The van der Waals surface area contributed by atoms with E-state index in [0.717, 1.165) is 64.9 Å². The van der Waals surface area contributed by atoms with Crippen LogP contribution >= 0.6 is 0 Å². The fourth-order valence-corrected chi connectivity index (χ4v) is 3.91. The summed E-state index contributed by atoms with van der Waals surface area (Å²) in [5.74, 6) is 1.16. The first-order valence-corrected chi connectivity index (χ1v) is 9.12. The van der Waals surface area contributed by atoms with Gasteiger partial charge in [-0.1, -0.05) is 0 Å². The van der Waals surface area contributed by atoms with Crippen molar-refractivity contribution in [3.05, 3.63) is 0 Å². The molecule has 3 aliphatic rings. The highest BCUT2D eigenvalue weighted by atomic mass is 16.5. The molecular weight excluding hydrogens is 306 g/mol. The van der Waals surface area contributed by atoms with Gasteiger partial charge in [0, 0.05) is 71.3 Å². The Labute approximate surface area is 145 Å². The maximum atomic E-state index is 12.3. The number of piperazine rings is 1. The van der Waals surface area contributed by atoms with Crippen molar-refractivity contribution in [2.45, 2.75) is 19.3 Å². The molecule has 3 saturated heterocycles. The van der Waals surface area contributed by atoms with Crippen LogP contribution in [-0.2, 0) is 9.53 Å². The standard InChI is InChI=1S/C17H31N5O2/c1-18-16(22-7-4-17(13-22)5-12-24-14-17)19-6-3-15(23)21-10-8-20(2)9-11-21/h3-14H2,1-2H3,(H,18,19). The molecule has 0 bridgehead atoms. The third-order valence-electron chi connectivity index (χ3n) is 5.61. The third-order valence-corrected chi connectivity index (χ3v) is 5.61. The van der Waals surface area contributed by atoms with Crippen molar-refractivity contribution in [2.75, 3.05) is 73.1 Å². The number of nitrogens with zero attached hydrogens (tertiary/aromatic N) is 4. The highest BCUT2D eigenvalue weighted by Crippen LogP contribution is 2.38. The summed E-state index contributed by atoms with van der Waals surface area (Å²) in [5, 5.41) is 3.37. The number of hydrogen-bond acceptors (Lipinski definition) is 4. The fourth-order valence-electron chi connectivity index (χ4n) is 3.91. The lowest BCUT2D eigenvalue weighted by Crippen LogP contribution is -2.48. The Morgan fingerprint density at radius 2 is 1.96 bits per heavy atom. The van der Waals surface area contributed by atoms with Gasteiger partial charge in [0.2, 0.25) is 5.91 Å². The number of guanidine groups is 1. The second-order valence-electron chi connectivity index (χ2n) is 7.38. The van der Waals surface area contributed by atoms with Crippen LogP contribution in [0.25, 0.3) is 0 Å². The molecule has 3 fully saturated rings. The number of amides is 1. The van der Waals surface area contributed by atoms with Crippen LogP contribution in [0.15, 0.2) is 4.99 Å². The third kappa shape index (κ3) is 4.00. The number of likely N-dealkylation sites (tertiary alicyclic amines) is 1.